The molecule has 0 heterocycles. The minimum atomic E-state index is -5.21. The van der Waals surface area contributed by atoms with Gasteiger partial charge in [-0.15, -0.1) is 0 Å². The molecule has 1 N–H and O–H groups in total. The number of benzene rings is 1. The van der Waals surface area contributed by atoms with Gasteiger partial charge >= 0.3 is 18.1 Å². The first-order chi connectivity index (χ1) is 13.1. The van der Waals surface area contributed by atoms with Crippen molar-refractivity contribution in [1.82, 2.24) is 5.32 Å². The van der Waals surface area contributed by atoms with Crippen molar-refractivity contribution in [3.05, 3.63) is 17.7 Å². The number of amides is 1. The molecule has 0 saturated heterocycles. The van der Waals surface area contributed by atoms with E-state index in [2.05, 4.69) is 4.74 Å². The van der Waals surface area contributed by atoms with Gasteiger partial charge in [-0.3, -0.25) is 14.4 Å². The lowest BCUT2D eigenvalue weighted by atomic mass is 9.98. The fraction of sp³-hybridized carbons (Fsp3) is 0.471. The lowest BCUT2D eigenvalue weighted by molar-refractivity contribution is -0.174. The second-order valence-corrected chi connectivity index (χ2v) is 5.41. The van der Waals surface area contributed by atoms with Gasteiger partial charge in [-0.1, -0.05) is 0 Å². The summed E-state index contributed by atoms with van der Waals surface area (Å²) in [7, 11) is 4.92. The second-order valence-electron chi connectivity index (χ2n) is 5.41. The van der Waals surface area contributed by atoms with Crippen LogP contribution in [0.5, 0.6) is 17.2 Å². The number of esters is 1. The molecule has 0 fully saturated rings. The van der Waals surface area contributed by atoms with Crippen molar-refractivity contribution in [3.63, 3.8) is 0 Å². The number of ketones is 1. The molecule has 0 bridgehead atoms. The maximum Gasteiger partial charge on any atom is 0.471 e. The zero-order valence-electron chi connectivity index (χ0n) is 15.6. The minimum absolute atomic E-state index is 0.0366. The first kappa shape index (κ1) is 23.1. The van der Waals surface area contributed by atoms with Crippen LogP contribution < -0.4 is 19.5 Å². The van der Waals surface area contributed by atoms with E-state index < -0.39 is 42.7 Å². The second kappa shape index (κ2) is 9.81. The van der Waals surface area contributed by atoms with E-state index >= 15 is 0 Å². The number of nitrogens with one attached hydrogen (secondary N) is 1. The average Bonchev–Trinajstić information content (AvgIpc) is 2.67. The molecule has 0 aliphatic heterocycles. The Labute approximate surface area is 158 Å². The molecule has 0 saturated carbocycles. The molecule has 1 atom stereocenters. The normalized spacial score (nSPS) is 12.0. The number of methoxy groups -OCH3 is 4. The van der Waals surface area contributed by atoms with Crippen LogP contribution in [0.1, 0.15) is 23.2 Å². The first-order valence-corrected chi connectivity index (χ1v) is 7.87. The van der Waals surface area contributed by atoms with Gasteiger partial charge in [0.05, 0.1) is 34.5 Å². The molecule has 0 aromatic heterocycles. The van der Waals surface area contributed by atoms with Gasteiger partial charge < -0.3 is 24.3 Å². The molecule has 0 radical (unpaired) electrons. The van der Waals surface area contributed by atoms with Crippen molar-refractivity contribution >= 4 is 17.7 Å². The summed E-state index contributed by atoms with van der Waals surface area (Å²) in [5.74, 6) is -3.81. The van der Waals surface area contributed by atoms with Crippen LogP contribution in [0, 0.1) is 0 Å². The van der Waals surface area contributed by atoms with Gasteiger partial charge in [0, 0.05) is 18.6 Å². The lowest BCUT2D eigenvalue weighted by Crippen LogP contribution is -2.47. The van der Waals surface area contributed by atoms with Crippen LogP contribution in [-0.4, -0.2) is 58.3 Å². The molecule has 11 heteroatoms. The highest BCUT2D eigenvalue weighted by Gasteiger charge is 2.41. The number of halogens is 3. The Balaban J connectivity index is 3.34. The van der Waals surface area contributed by atoms with E-state index in [1.54, 1.807) is 5.32 Å². The maximum absolute atomic E-state index is 12.9. The highest BCUT2D eigenvalue weighted by Crippen LogP contribution is 2.35. The van der Waals surface area contributed by atoms with Crippen molar-refractivity contribution in [2.45, 2.75) is 25.1 Å². The highest BCUT2D eigenvalue weighted by atomic mass is 19.4. The number of ether oxygens (including phenoxy) is 4. The fourth-order valence-corrected chi connectivity index (χ4v) is 2.30. The predicted molar refractivity (Wildman–Crippen MR) is 89.7 cm³/mol. The summed E-state index contributed by atoms with van der Waals surface area (Å²) >= 11 is 0. The smallest absolute Gasteiger partial charge is 0.471 e. The number of hydrogen-bond donors (Lipinski definition) is 1. The summed E-state index contributed by atoms with van der Waals surface area (Å²) in [6.45, 7) is 0. The largest absolute Gasteiger partial charge is 0.496 e. The van der Waals surface area contributed by atoms with E-state index in [9.17, 15) is 27.6 Å². The first-order valence-electron chi connectivity index (χ1n) is 7.87. The van der Waals surface area contributed by atoms with Crippen LogP contribution in [0.25, 0.3) is 0 Å². The SMILES string of the molecule is COC(=O)CC[C@H](NC(=O)C(F)(F)F)C(=O)c1c(OC)cc(OC)cc1OC. The third-order valence-corrected chi connectivity index (χ3v) is 3.71. The molecule has 28 heavy (non-hydrogen) atoms. The molecule has 1 aromatic rings. The van der Waals surface area contributed by atoms with Crippen molar-refractivity contribution in [2.75, 3.05) is 28.4 Å². The molecule has 1 amide bonds. The summed E-state index contributed by atoms with van der Waals surface area (Å²) in [5.41, 5.74) is -0.205. The third-order valence-electron chi connectivity index (χ3n) is 3.71. The maximum atomic E-state index is 12.9. The zero-order valence-corrected chi connectivity index (χ0v) is 15.6. The summed E-state index contributed by atoms with van der Waals surface area (Å²) in [4.78, 5) is 35.6. The number of carbonyl (C=O) groups is 3. The van der Waals surface area contributed by atoms with Gasteiger partial charge in [0.2, 0.25) is 0 Å². The summed E-state index contributed by atoms with van der Waals surface area (Å²) < 4.78 is 57.6. The number of rotatable bonds is 9. The monoisotopic (exact) mass is 407 g/mol. The molecule has 8 nitrogen and oxygen atoms in total. The predicted octanol–water partition coefficient (Wildman–Crippen LogP) is 1.90. The van der Waals surface area contributed by atoms with Crippen LogP contribution in [0.2, 0.25) is 0 Å². The number of carbonyl (C=O) groups excluding carboxylic acids is 3. The zero-order chi connectivity index (χ0) is 21.5. The van der Waals surface area contributed by atoms with Crippen molar-refractivity contribution in [2.24, 2.45) is 0 Å². The van der Waals surface area contributed by atoms with E-state index in [0.717, 1.165) is 7.11 Å². The van der Waals surface area contributed by atoms with Crippen LogP contribution >= 0.6 is 0 Å². The average molecular weight is 407 g/mol. The molecule has 0 aliphatic carbocycles. The molecule has 156 valence electrons. The Hall–Kier alpha value is -2.98. The van der Waals surface area contributed by atoms with Gasteiger partial charge in [0.25, 0.3) is 0 Å². The topological polar surface area (TPSA) is 100 Å². The Kier molecular flexibility index (Phi) is 8.08. The third kappa shape index (κ3) is 5.76. The number of alkyl halides is 3. The molecule has 1 aromatic carbocycles. The molecule has 0 aliphatic rings. The van der Waals surface area contributed by atoms with E-state index in [4.69, 9.17) is 14.2 Å². The van der Waals surface area contributed by atoms with E-state index in [1.165, 1.54) is 33.5 Å². The Morgan fingerprint density at radius 3 is 1.93 bits per heavy atom. The van der Waals surface area contributed by atoms with Gasteiger partial charge in [-0.25, -0.2) is 0 Å². The summed E-state index contributed by atoms with van der Waals surface area (Å²) in [5, 5.41) is 1.60. The lowest BCUT2D eigenvalue weighted by Gasteiger charge is -2.21. The standard InChI is InChI=1S/C17H20F3NO7/c1-25-9-7-11(26-2)14(12(8-9)27-3)15(23)10(5-6-13(22)28-4)21-16(24)17(18,19)20/h7-8,10H,5-6H2,1-4H3,(H,21,24)/t10-/m0/s1. The fourth-order valence-electron chi connectivity index (χ4n) is 2.30. The Bertz CT molecular complexity index is 709. The van der Waals surface area contributed by atoms with E-state index in [-0.39, 0.29) is 22.8 Å². The van der Waals surface area contributed by atoms with Crippen LogP contribution in [-0.2, 0) is 14.3 Å². The molecule has 0 unspecified atom stereocenters. The van der Waals surface area contributed by atoms with Crippen LogP contribution in [0.3, 0.4) is 0 Å². The highest BCUT2D eigenvalue weighted by molar-refractivity contribution is 6.06. The van der Waals surface area contributed by atoms with Gasteiger partial charge in [0.15, 0.2) is 5.78 Å². The molecular weight excluding hydrogens is 387 g/mol. The number of Topliss-reactive ketones (excluding diaryl/α,β-unsaturated/α-hetero) is 1. The van der Waals surface area contributed by atoms with Crippen LogP contribution in [0.15, 0.2) is 12.1 Å². The summed E-state index contributed by atoms with van der Waals surface area (Å²) in [6, 6.07) is 0.988. The number of hydrogen-bond acceptors (Lipinski definition) is 7. The molecular formula is C17H20F3NO7. The van der Waals surface area contributed by atoms with E-state index in [1.807, 2.05) is 0 Å². The van der Waals surface area contributed by atoms with Gasteiger partial charge in [-0.2, -0.15) is 13.2 Å². The Morgan fingerprint density at radius 1 is 1.00 bits per heavy atom. The van der Waals surface area contributed by atoms with E-state index in [0.29, 0.717) is 0 Å². The molecule has 0 spiro atoms. The van der Waals surface area contributed by atoms with Gasteiger partial charge in [0.1, 0.15) is 22.8 Å². The van der Waals surface area contributed by atoms with Crippen LogP contribution in [0.4, 0.5) is 13.2 Å². The van der Waals surface area contributed by atoms with Crippen molar-refractivity contribution in [1.29, 1.82) is 0 Å². The van der Waals surface area contributed by atoms with Crippen molar-refractivity contribution < 1.29 is 46.5 Å². The van der Waals surface area contributed by atoms with Gasteiger partial charge in [-0.05, 0) is 6.42 Å². The Morgan fingerprint density at radius 2 is 1.54 bits per heavy atom. The molecule has 1 rings (SSSR count). The van der Waals surface area contributed by atoms with Crippen molar-refractivity contribution in [3.8, 4) is 17.2 Å². The minimum Gasteiger partial charge on any atom is -0.496 e. The quantitative estimate of drug-likeness (QED) is 0.493. The summed E-state index contributed by atoms with van der Waals surface area (Å²) in [6.07, 6.45) is -6.03.